The molecule has 2 rings (SSSR count). The average Bonchev–Trinajstić information content (AvgIpc) is 2.41. The van der Waals surface area contributed by atoms with Crippen LogP contribution in [0.25, 0.3) is 0 Å². The molecule has 0 aromatic heterocycles. The maximum Gasteiger partial charge on any atom is 0.122 e. The lowest BCUT2D eigenvalue weighted by Gasteiger charge is -2.10. The van der Waals surface area contributed by atoms with Crippen LogP contribution in [0.3, 0.4) is 0 Å². The van der Waals surface area contributed by atoms with Gasteiger partial charge in [0.05, 0.1) is 19.6 Å². The van der Waals surface area contributed by atoms with Gasteiger partial charge in [0, 0.05) is 6.42 Å². The van der Waals surface area contributed by atoms with E-state index in [4.69, 9.17) is 10.00 Å². The van der Waals surface area contributed by atoms with Crippen molar-refractivity contribution in [2.75, 3.05) is 7.11 Å². The van der Waals surface area contributed by atoms with Gasteiger partial charge in [0.1, 0.15) is 5.75 Å². The van der Waals surface area contributed by atoms with Gasteiger partial charge in [0.2, 0.25) is 0 Å². The van der Waals surface area contributed by atoms with Crippen LogP contribution in [0.1, 0.15) is 22.3 Å². The van der Waals surface area contributed by atoms with Crippen molar-refractivity contribution in [3.8, 4) is 11.8 Å². The summed E-state index contributed by atoms with van der Waals surface area (Å²) in [4.78, 5) is 0. The molecule has 2 heteroatoms. The number of hydrogen-bond donors (Lipinski definition) is 0. The summed E-state index contributed by atoms with van der Waals surface area (Å²) in [7, 11) is 1.67. The van der Waals surface area contributed by atoms with E-state index in [0.29, 0.717) is 6.42 Å². The third kappa shape index (κ3) is 3.35. The minimum Gasteiger partial charge on any atom is -0.496 e. The molecule has 0 spiro atoms. The molecule has 19 heavy (non-hydrogen) atoms. The van der Waals surface area contributed by atoms with Gasteiger partial charge in [0.25, 0.3) is 0 Å². The lowest BCUT2D eigenvalue weighted by atomic mass is 10.0. The Bertz CT molecular complexity index is 611. The molecule has 2 nitrogen and oxygen atoms in total. The largest absolute Gasteiger partial charge is 0.496 e. The Morgan fingerprint density at radius 3 is 2.63 bits per heavy atom. The summed E-state index contributed by atoms with van der Waals surface area (Å²) in [6.45, 7) is 2.09. The van der Waals surface area contributed by atoms with Gasteiger partial charge < -0.3 is 4.74 Å². The van der Waals surface area contributed by atoms with E-state index in [0.717, 1.165) is 23.3 Å². The molecule has 0 amide bonds. The second-order valence-corrected chi connectivity index (χ2v) is 4.65. The summed E-state index contributed by atoms with van der Waals surface area (Å²) in [5.41, 5.74) is 4.67. The highest BCUT2D eigenvalue weighted by Crippen LogP contribution is 2.23. The van der Waals surface area contributed by atoms with Crippen LogP contribution in [0.4, 0.5) is 0 Å². The van der Waals surface area contributed by atoms with Gasteiger partial charge in [-0.1, -0.05) is 42.0 Å². The van der Waals surface area contributed by atoms with Crippen LogP contribution in [0.2, 0.25) is 0 Å². The summed E-state index contributed by atoms with van der Waals surface area (Å²) in [6.07, 6.45) is 1.26. The van der Waals surface area contributed by atoms with Crippen molar-refractivity contribution < 1.29 is 4.74 Å². The van der Waals surface area contributed by atoms with Gasteiger partial charge >= 0.3 is 0 Å². The van der Waals surface area contributed by atoms with Gasteiger partial charge in [-0.3, -0.25) is 0 Å². The van der Waals surface area contributed by atoms with E-state index in [1.807, 2.05) is 18.2 Å². The second kappa shape index (κ2) is 6.06. The molecule has 96 valence electrons. The first-order valence-electron chi connectivity index (χ1n) is 6.31. The van der Waals surface area contributed by atoms with E-state index >= 15 is 0 Å². The zero-order valence-electron chi connectivity index (χ0n) is 11.3. The number of methoxy groups -OCH3 is 1. The monoisotopic (exact) mass is 251 g/mol. The van der Waals surface area contributed by atoms with E-state index in [1.165, 1.54) is 11.1 Å². The highest BCUT2D eigenvalue weighted by Gasteiger charge is 2.06. The number of benzene rings is 2. The fourth-order valence-electron chi connectivity index (χ4n) is 2.18. The first-order chi connectivity index (χ1) is 9.22. The van der Waals surface area contributed by atoms with Crippen molar-refractivity contribution in [2.24, 2.45) is 0 Å². The van der Waals surface area contributed by atoms with Crippen LogP contribution in [0.5, 0.6) is 5.75 Å². The molecule has 2 aromatic carbocycles. The van der Waals surface area contributed by atoms with Crippen LogP contribution < -0.4 is 4.74 Å². The molecule has 0 saturated heterocycles. The van der Waals surface area contributed by atoms with Crippen molar-refractivity contribution in [1.29, 1.82) is 5.26 Å². The molecular formula is C17H17NO. The number of nitriles is 1. The minimum atomic E-state index is 0.418. The molecule has 0 radical (unpaired) electrons. The SMILES string of the molecule is COc1cc(CC#N)ccc1Cc1cccc(C)c1. The molecule has 0 fully saturated rings. The molecule has 0 aliphatic rings. The smallest absolute Gasteiger partial charge is 0.122 e. The van der Waals surface area contributed by atoms with Crippen LogP contribution in [-0.4, -0.2) is 7.11 Å². The standard InChI is InChI=1S/C17H17NO/c1-13-4-3-5-15(10-13)11-16-7-6-14(8-9-18)12-17(16)19-2/h3-7,10,12H,8,11H2,1-2H3. The number of rotatable bonds is 4. The molecular weight excluding hydrogens is 234 g/mol. The first kappa shape index (κ1) is 13.2. The summed E-state index contributed by atoms with van der Waals surface area (Å²) in [5.74, 6) is 0.856. The maximum absolute atomic E-state index is 8.73. The molecule has 0 unspecified atom stereocenters. The lowest BCUT2D eigenvalue weighted by Crippen LogP contribution is -1.96. The quantitative estimate of drug-likeness (QED) is 0.830. The van der Waals surface area contributed by atoms with E-state index < -0.39 is 0 Å². The Morgan fingerprint density at radius 1 is 1.11 bits per heavy atom. The van der Waals surface area contributed by atoms with E-state index in [2.05, 4.69) is 37.3 Å². The summed E-state index contributed by atoms with van der Waals surface area (Å²) in [6, 6.07) is 16.6. The topological polar surface area (TPSA) is 33.0 Å². The van der Waals surface area contributed by atoms with Crippen LogP contribution in [0.15, 0.2) is 42.5 Å². The van der Waals surface area contributed by atoms with Gasteiger partial charge in [-0.2, -0.15) is 5.26 Å². The molecule has 0 aliphatic carbocycles. The Balaban J connectivity index is 2.27. The predicted molar refractivity (Wildman–Crippen MR) is 76.3 cm³/mol. The Hall–Kier alpha value is -2.27. The van der Waals surface area contributed by atoms with Gasteiger partial charge in [-0.05, 0) is 29.7 Å². The molecule has 0 N–H and O–H groups in total. The third-order valence-corrected chi connectivity index (χ3v) is 3.11. The zero-order valence-corrected chi connectivity index (χ0v) is 11.3. The van der Waals surface area contributed by atoms with Gasteiger partial charge in [0.15, 0.2) is 0 Å². The molecule has 0 heterocycles. The van der Waals surface area contributed by atoms with Gasteiger partial charge in [-0.15, -0.1) is 0 Å². The second-order valence-electron chi connectivity index (χ2n) is 4.65. The number of ether oxygens (including phenoxy) is 1. The van der Waals surface area contributed by atoms with Crippen LogP contribution >= 0.6 is 0 Å². The molecule has 0 bridgehead atoms. The number of hydrogen-bond acceptors (Lipinski definition) is 2. The van der Waals surface area contributed by atoms with Crippen molar-refractivity contribution in [3.05, 3.63) is 64.7 Å². The Morgan fingerprint density at radius 2 is 1.95 bits per heavy atom. The van der Waals surface area contributed by atoms with Crippen LogP contribution in [0, 0.1) is 18.3 Å². The molecule has 0 aliphatic heterocycles. The van der Waals surface area contributed by atoms with Gasteiger partial charge in [-0.25, -0.2) is 0 Å². The molecule has 0 saturated carbocycles. The molecule has 0 atom stereocenters. The number of nitrogens with zero attached hydrogens (tertiary/aromatic N) is 1. The van der Waals surface area contributed by atoms with Crippen molar-refractivity contribution >= 4 is 0 Å². The van der Waals surface area contributed by atoms with Crippen molar-refractivity contribution in [1.82, 2.24) is 0 Å². The summed E-state index contributed by atoms with van der Waals surface area (Å²) >= 11 is 0. The lowest BCUT2D eigenvalue weighted by molar-refractivity contribution is 0.410. The maximum atomic E-state index is 8.73. The normalized spacial score (nSPS) is 9.95. The highest BCUT2D eigenvalue weighted by molar-refractivity contribution is 5.41. The Kier molecular flexibility index (Phi) is 4.20. The third-order valence-electron chi connectivity index (χ3n) is 3.11. The number of aryl methyl sites for hydroxylation is 1. The summed E-state index contributed by atoms with van der Waals surface area (Å²) < 4.78 is 5.43. The highest BCUT2D eigenvalue weighted by atomic mass is 16.5. The summed E-state index contributed by atoms with van der Waals surface area (Å²) in [5, 5.41) is 8.73. The fourth-order valence-corrected chi connectivity index (χ4v) is 2.18. The predicted octanol–water partition coefficient (Wildman–Crippen LogP) is 3.66. The fraction of sp³-hybridized carbons (Fsp3) is 0.235. The first-order valence-corrected chi connectivity index (χ1v) is 6.31. The van der Waals surface area contributed by atoms with Crippen molar-refractivity contribution in [3.63, 3.8) is 0 Å². The minimum absolute atomic E-state index is 0.418. The van der Waals surface area contributed by atoms with E-state index in [1.54, 1.807) is 7.11 Å². The van der Waals surface area contributed by atoms with Crippen LogP contribution in [-0.2, 0) is 12.8 Å². The average molecular weight is 251 g/mol. The van der Waals surface area contributed by atoms with E-state index in [9.17, 15) is 0 Å². The molecule has 2 aromatic rings. The van der Waals surface area contributed by atoms with E-state index in [-0.39, 0.29) is 0 Å². The Labute approximate surface area is 114 Å². The zero-order chi connectivity index (χ0) is 13.7. The van der Waals surface area contributed by atoms with Crippen molar-refractivity contribution in [2.45, 2.75) is 19.8 Å².